The van der Waals surface area contributed by atoms with E-state index >= 15 is 0 Å². The summed E-state index contributed by atoms with van der Waals surface area (Å²) in [4.78, 5) is 23.8. The molecule has 1 aliphatic rings. The Morgan fingerprint density at radius 1 is 1.27 bits per heavy atom. The minimum Gasteiger partial charge on any atom is -0.478 e. The second-order valence-electron chi connectivity index (χ2n) is 5.12. The van der Waals surface area contributed by atoms with Gasteiger partial charge in [-0.05, 0) is 34.1 Å². The van der Waals surface area contributed by atoms with Crippen molar-refractivity contribution in [3.05, 3.63) is 50.6 Å². The number of halogens is 1. The van der Waals surface area contributed by atoms with Crippen LogP contribution >= 0.6 is 15.9 Å². The van der Waals surface area contributed by atoms with Gasteiger partial charge in [-0.25, -0.2) is 4.79 Å². The van der Waals surface area contributed by atoms with Crippen molar-refractivity contribution in [2.75, 3.05) is 0 Å². The van der Waals surface area contributed by atoms with E-state index in [0.29, 0.717) is 37.7 Å². The lowest BCUT2D eigenvalue weighted by molar-refractivity contribution is -0.144. The van der Waals surface area contributed by atoms with Gasteiger partial charge in [0.15, 0.2) is 6.10 Å². The number of carbonyl (C=O) groups is 1. The van der Waals surface area contributed by atoms with Gasteiger partial charge in [0.05, 0.1) is 15.2 Å². The molecule has 110 valence electrons. The van der Waals surface area contributed by atoms with E-state index in [1.54, 1.807) is 30.3 Å². The molecule has 0 amide bonds. The summed E-state index contributed by atoms with van der Waals surface area (Å²) in [5, 5.41) is 10.1. The second-order valence-corrected chi connectivity index (χ2v) is 5.97. The maximum absolute atomic E-state index is 12.6. The first-order chi connectivity index (χ1) is 10.6. The summed E-state index contributed by atoms with van der Waals surface area (Å²) < 4.78 is 11.9. The number of aliphatic carboxylic acids is 1. The van der Waals surface area contributed by atoms with Gasteiger partial charge in [-0.3, -0.25) is 4.79 Å². The molecule has 0 spiro atoms. The van der Waals surface area contributed by atoms with Crippen molar-refractivity contribution >= 4 is 43.8 Å². The minimum atomic E-state index is -1.04. The zero-order valence-electron chi connectivity index (χ0n) is 11.1. The molecule has 2 heterocycles. The Bertz CT molecular complexity index is 1000. The number of para-hydroxylation sites is 1. The average molecular weight is 361 g/mol. The predicted octanol–water partition coefficient (Wildman–Crippen LogP) is 3.10. The summed E-state index contributed by atoms with van der Waals surface area (Å²) in [6.07, 6.45) is -0.796. The quantitative estimate of drug-likeness (QED) is 0.674. The van der Waals surface area contributed by atoms with Crippen molar-refractivity contribution in [1.29, 1.82) is 0 Å². The lowest BCUT2D eigenvalue weighted by Crippen LogP contribution is -2.24. The average Bonchev–Trinajstić information content (AvgIpc) is 2.95. The van der Waals surface area contributed by atoms with Crippen LogP contribution in [0.15, 0.2) is 44.0 Å². The van der Waals surface area contributed by atoms with Crippen LogP contribution < -0.4 is 10.2 Å². The number of carboxylic acids is 1. The normalized spacial score (nSPS) is 16.7. The van der Waals surface area contributed by atoms with Gasteiger partial charge in [0.1, 0.15) is 16.9 Å². The van der Waals surface area contributed by atoms with E-state index in [9.17, 15) is 9.59 Å². The molecule has 0 aliphatic carbocycles. The fraction of sp³-hybridized carbons (Fsp3) is 0.125. The van der Waals surface area contributed by atoms with Crippen LogP contribution in [-0.2, 0) is 11.2 Å². The Morgan fingerprint density at radius 3 is 2.82 bits per heavy atom. The molecule has 5 nitrogen and oxygen atoms in total. The van der Waals surface area contributed by atoms with Gasteiger partial charge in [-0.2, -0.15) is 0 Å². The molecule has 1 aromatic heterocycles. The Labute approximate surface area is 132 Å². The number of hydrogen-bond donors (Lipinski definition) is 1. The molecule has 2 aromatic carbocycles. The molecule has 0 radical (unpaired) electrons. The summed E-state index contributed by atoms with van der Waals surface area (Å²) in [7, 11) is 0. The summed E-state index contributed by atoms with van der Waals surface area (Å²) in [5.74, 6) is -0.613. The Morgan fingerprint density at radius 2 is 2.05 bits per heavy atom. The number of carboxylic acid groups (broad SMARTS) is 1. The van der Waals surface area contributed by atoms with Crippen molar-refractivity contribution < 1.29 is 19.1 Å². The SMILES string of the molecule is O=C(O)C1Cc2c(c(Br)cc3c(=O)c4ccccc4oc23)O1. The summed E-state index contributed by atoms with van der Waals surface area (Å²) >= 11 is 3.34. The highest BCUT2D eigenvalue weighted by Crippen LogP contribution is 2.41. The Kier molecular flexibility index (Phi) is 2.77. The zero-order chi connectivity index (χ0) is 15.4. The first-order valence-corrected chi connectivity index (χ1v) is 7.42. The van der Waals surface area contributed by atoms with Gasteiger partial charge in [-0.1, -0.05) is 12.1 Å². The number of rotatable bonds is 1. The van der Waals surface area contributed by atoms with Crippen molar-refractivity contribution in [3.63, 3.8) is 0 Å². The topological polar surface area (TPSA) is 76.7 Å². The summed E-state index contributed by atoms with van der Waals surface area (Å²) in [6.45, 7) is 0. The lowest BCUT2D eigenvalue weighted by atomic mass is 10.0. The molecular formula is C16H9BrO5. The van der Waals surface area contributed by atoms with E-state index in [1.807, 2.05) is 0 Å². The first-order valence-electron chi connectivity index (χ1n) is 6.62. The van der Waals surface area contributed by atoms with Crippen molar-refractivity contribution in [2.45, 2.75) is 12.5 Å². The third kappa shape index (κ3) is 1.77. The molecule has 4 rings (SSSR count). The van der Waals surface area contributed by atoms with Crippen LogP contribution in [0.25, 0.3) is 21.9 Å². The number of ether oxygens (including phenoxy) is 1. The van der Waals surface area contributed by atoms with Crippen LogP contribution in [-0.4, -0.2) is 17.2 Å². The first kappa shape index (κ1) is 13.3. The second kappa shape index (κ2) is 4.58. The zero-order valence-corrected chi connectivity index (χ0v) is 12.7. The molecule has 6 heteroatoms. The molecule has 22 heavy (non-hydrogen) atoms. The third-order valence-corrected chi connectivity index (χ3v) is 4.38. The Balaban J connectivity index is 2.11. The number of benzene rings is 2. The Hall–Kier alpha value is -2.34. The van der Waals surface area contributed by atoms with Gasteiger partial charge in [0, 0.05) is 12.0 Å². The fourth-order valence-electron chi connectivity index (χ4n) is 2.77. The van der Waals surface area contributed by atoms with Gasteiger partial charge in [-0.15, -0.1) is 0 Å². The molecular weight excluding hydrogens is 352 g/mol. The minimum absolute atomic E-state index is 0.140. The molecule has 3 aromatic rings. The predicted molar refractivity (Wildman–Crippen MR) is 83.4 cm³/mol. The van der Waals surface area contributed by atoms with E-state index in [0.717, 1.165) is 0 Å². The van der Waals surface area contributed by atoms with Gasteiger partial charge in [0.25, 0.3) is 0 Å². The van der Waals surface area contributed by atoms with E-state index in [4.69, 9.17) is 14.3 Å². The van der Waals surface area contributed by atoms with Crippen molar-refractivity contribution in [2.24, 2.45) is 0 Å². The van der Waals surface area contributed by atoms with Crippen LogP contribution in [0.2, 0.25) is 0 Å². The van der Waals surface area contributed by atoms with Crippen molar-refractivity contribution in [1.82, 2.24) is 0 Å². The van der Waals surface area contributed by atoms with E-state index < -0.39 is 12.1 Å². The third-order valence-electron chi connectivity index (χ3n) is 3.79. The lowest BCUT2D eigenvalue weighted by Gasteiger charge is -2.07. The highest BCUT2D eigenvalue weighted by atomic mass is 79.9. The summed E-state index contributed by atoms with van der Waals surface area (Å²) in [5.41, 5.74) is 1.34. The molecule has 0 fully saturated rings. The van der Waals surface area contributed by atoms with Gasteiger partial charge >= 0.3 is 5.97 Å². The number of hydrogen-bond acceptors (Lipinski definition) is 4. The molecule has 1 N–H and O–H groups in total. The maximum atomic E-state index is 12.6. The summed E-state index contributed by atoms with van der Waals surface area (Å²) in [6, 6.07) is 8.61. The molecule has 0 saturated heterocycles. The molecule has 1 aliphatic heterocycles. The van der Waals surface area contributed by atoms with E-state index in [2.05, 4.69) is 15.9 Å². The van der Waals surface area contributed by atoms with Crippen LogP contribution in [0.4, 0.5) is 0 Å². The highest BCUT2D eigenvalue weighted by Gasteiger charge is 2.33. The molecule has 0 bridgehead atoms. The standard InChI is InChI=1S/C16H9BrO5/c17-10-5-8-13(18)7-3-1-2-4-11(7)21-14(8)9-6-12(16(19)20)22-15(9)10/h1-5,12H,6H2,(H,19,20). The maximum Gasteiger partial charge on any atom is 0.345 e. The van der Waals surface area contributed by atoms with Gasteiger partial charge < -0.3 is 14.3 Å². The van der Waals surface area contributed by atoms with Crippen molar-refractivity contribution in [3.8, 4) is 5.75 Å². The number of fused-ring (bicyclic) bond motifs is 4. The molecule has 0 saturated carbocycles. The van der Waals surface area contributed by atoms with Crippen LogP contribution in [0.3, 0.4) is 0 Å². The fourth-order valence-corrected chi connectivity index (χ4v) is 3.33. The largest absolute Gasteiger partial charge is 0.478 e. The monoisotopic (exact) mass is 360 g/mol. The van der Waals surface area contributed by atoms with E-state index in [-0.39, 0.29) is 11.8 Å². The van der Waals surface area contributed by atoms with E-state index in [1.165, 1.54) is 0 Å². The van der Waals surface area contributed by atoms with Gasteiger partial charge in [0.2, 0.25) is 5.43 Å². The van der Waals surface area contributed by atoms with Crippen LogP contribution in [0.5, 0.6) is 5.75 Å². The smallest absolute Gasteiger partial charge is 0.345 e. The van der Waals surface area contributed by atoms with Crippen LogP contribution in [0.1, 0.15) is 5.56 Å². The molecule has 1 unspecified atom stereocenters. The highest BCUT2D eigenvalue weighted by molar-refractivity contribution is 9.10. The van der Waals surface area contributed by atoms with Crippen LogP contribution in [0, 0.1) is 0 Å². The molecule has 1 atom stereocenters.